The molecule has 3 aromatic rings. The normalized spacial score (nSPS) is 11.1. The lowest BCUT2D eigenvalue weighted by Crippen LogP contribution is -2.00. The van der Waals surface area contributed by atoms with Crippen molar-refractivity contribution in [3.8, 4) is 5.69 Å². The van der Waals surface area contributed by atoms with Crippen LogP contribution in [0.1, 0.15) is 27.3 Å². The first-order valence-electron chi connectivity index (χ1n) is 8.28. The molecule has 0 saturated carbocycles. The largest absolute Gasteiger partial charge is 0.478 e. The molecule has 7 nitrogen and oxygen atoms in total. The number of rotatable bonds is 5. The summed E-state index contributed by atoms with van der Waals surface area (Å²) in [7, 11) is 0. The standard InChI is InChI=1S/C20H16ClN3O4/c1-12-8-14(11-22-15-6-7-19(21)18(9-15)20(25)26)13(2)23(12)16-4-3-5-17(10-16)24(27)28/h3-11H,1-2H3,(H,25,26). The third-order valence-electron chi connectivity index (χ3n) is 4.30. The molecule has 0 amide bonds. The molecular weight excluding hydrogens is 382 g/mol. The van der Waals surface area contributed by atoms with Gasteiger partial charge in [-0.3, -0.25) is 15.1 Å². The van der Waals surface area contributed by atoms with Crippen molar-refractivity contribution in [1.29, 1.82) is 0 Å². The van der Waals surface area contributed by atoms with E-state index in [0.29, 0.717) is 11.4 Å². The fraction of sp³-hybridized carbons (Fsp3) is 0.100. The zero-order valence-electron chi connectivity index (χ0n) is 15.1. The fourth-order valence-corrected chi connectivity index (χ4v) is 3.16. The lowest BCUT2D eigenvalue weighted by molar-refractivity contribution is -0.384. The highest BCUT2D eigenvalue weighted by Crippen LogP contribution is 2.25. The van der Waals surface area contributed by atoms with Crippen molar-refractivity contribution in [2.75, 3.05) is 0 Å². The van der Waals surface area contributed by atoms with E-state index in [2.05, 4.69) is 4.99 Å². The first-order valence-corrected chi connectivity index (χ1v) is 8.66. The Hall–Kier alpha value is -3.45. The predicted octanol–water partition coefficient (Wildman–Crippen LogP) is 5.10. The number of aromatic carboxylic acids is 1. The molecule has 0 saturated heterocycles. The topological polar surface area (TPSA) is 97.7 Å². The molecule has 0 aliphatic carbocycles. The summed E-state index contributed by atoms with van der Waals surface area (Å²) in [6.07, 6.45) is 1.63. The second-order valence-corrected chi connectivity index (χ2v) is 6.57. The Morgan fingerprint density at radius 2 is 1.96 bits per heavy atom. The van der Waals surface area contributed by atoms with Gasteiger partial charge >= 0.3 is 5.97 Å². The van der Waals surface area contributed by atoms with Gasteiger partial charge in [0.2, 0.25) is 0 Å². The summed E-state index contributed by atoms with van der Waals surface area (Å²) in [6, 6.07) is 12.8. The van der Waals surface area contributed by atoms with E-state index in [1.165, 1.54) is 24.3 Å². The Morgan fingerprint density at radius 3 is 2.64 bits per heavy atom. The van der Waals surface area contributed by atoms with Gasteiger partial charge in [-0.1, -0.05) is 17.7 Å². The number of aryl methyl sites for hydroxylation is 1. The number of carboxylic acid groups (broad SMARTS) is 1. The SMILES string of the molecule is Cc1cc(C=Nc2ccc(Cl)c(C(=O)O)c2)c(C)n1-c1cccc([N+](=O)[O-])c1. The summed E-state index contributed by atoms with van der Waals surface area (Å²) in [4.78, 5) is 26.2. The van der Waals surface area contributed by atoms with Crippen molar-refractivity contribution in [3.63, 3.8) is 0 Å². The Kier molecular flexibility index (Phi) is 5.28. The van der Waals surface area contributed by atoms with Crippen molar-refractivity contribution in [2.24, 2.45) is 4.99 Å². The summed E-state index contributed by atoms with van der Waals surface area (Å²) in [6.45, 7) is 3.78. The highest BCUT2D eigenvalue weighted by Gasteiger charge is 2.13. The Bertz CT molecular complexity index is 1120. The van der Waals surface area contributed by atoms with Crippen LogP contribution in [0.2, 0.25) is 5.02 Å². The van der Waals surface area contributed by atoms with E-state index in [0.717, 1.165) is 17.0 Å². The number of halogens is 1. The zero-order chi connectivity index (χ0) is 20.4. The van der Waals surface area contributed by atoms with Crippen molar-refractivity contribution in [1.82, 2.24) is 4.57 Å². The molecule has 0 atom stereocenters. The number of aliphatic imine (C=N–C) groups is 1. The molecule has 0 spiro atoms. The van der Waals surface area contributed by atoms with Crippen LogP contribution in [-0.4, -0.2) is 26.8 Å². The maximum atomic E-state index is 11.2. The molecule has 3 rings (SSSR count). The molecule has 8 heteroatoms. The third kappa shape index (κ3) is 3.79. The van der Waals surface area contributed by atoms with Gasteiger partial charge in [-0.05, 0) is 44.2 Å². The predicted molar refractivity (Wildman–Crippen MR) is 108 cm³/mol. The lowest BCUT2D eigenvalue weighted by atomic mass is 10.2. The van der Waals surface area contributed by atoms with Crippen LogP contribution >= 0.6 is 11.6 Å². The van der Waals surface area contributed by atoms with Crippen molar-refractivity contribution >= 4 is 35.2 Å². The first-order chi connectivity index (χ1) is 13.3. The van der Waals surface area contributed by atoms with Crippen LogP contribution in [0.15, 0.2) is 53.5 Å². The molecule has 0 aliphatic heterocycles. The van der Waals surface area contributed by atoms with Gasteiger partial charge in [-0.15, -0.1) is 0 Å². The van der Waals surface area contributed by atoms with E-state index >= 15 is 0 Å². The van der Waals surface area contributed by atoms with E-state index in [1.807, 2.05) is 24.5 Å². The molecule has 0 unspecified atom stereocenters. The van der Waals surface area contributed by atoms with Gasteiger partial charge in [0.15, 0.2) is 0 Å². The van der Waals surface area contributed by atoms with Gasteiger partial charge < -0.3 is 9.67 Å². The molecule has 1 heterocycles. The lowest BCUT2D eigenvalue weighted by Gasteiger charge is -2.09. The first kappa shape index (κ1) is 19.3. The van der Waals surface area contributed by atoms with Crippen LogP contribution in [-0.2, 0) is 0 Å². The van der Waals surface area contributed by atoms with Crippen LogP contribution in [0.4, 0.5) is 11.4 Å². The van der Waals surface area contributed by atoms with Gasteiger partial charge in [0.1, 0.15) is 0 Å². The molecule has 0 fully saturated rings. The minimum atomic E-state index is -1.12. The van der Waals surface area contributed by atoms with E-state index in [9.17, 15) is 14.9 Å². The molecule has 0 aliphatic rings. The van der Waals surface area contributed by atoms with Crippen LogP contribution < -0.4 is 0 Å². The number of non-ortho nitro benzene ring substituents is 1. The molecule has 1 N–H and O–H groups in total. The number of carbonyl (C=O) groups is 1. The number of hydrogen-bond acceptors (Lipinski definition) is 4. The maximum absolute atomic E-state index is 11.2. The smallest absolute Gasteiger partial charge is 0.337 e. The average molecular weight is 398 g/mol. The van der Waals surface area contributed by atoms with Crippen molar-refractivity contribution in [2.45, 2.75) is 13.8 Å². The molecule has 142 valence electrons. The second kappa shape index (κ2) is 7.66. The maximum Gasteiger partial charge on any atom is 0.337 e. The molecule has 0 bridgehead atoms. The van der Waals surface area contributed by atoms with Crippen LogP contribution in [0.25, 0.3) is 5.69 Å². The van der Waals surface area contributed by atoms with Gasteiger partial charge in [-0.2, -0.15) is 0 Å². The summed E-state index contributed by atoms with van der Waals surface area (Å²) < 4.78 is 1.90. The second-order valence-electron chi connectivity index (χ2n) is 6.17. The molecule has 2 aromatic carbocycles. The molecule has 28 heavy (non-hydrogen) atoms. The minimum Gasteiger partial charge on any atom is -0.478 e. The van der Waals surface area contributed by atoms with Gasteiger partial charge in [-0.25, -0.2) is 4.79 Å². The monoisotopic (exact) mass is 397 g/mol. The number of aromatic nitrogens is 1. The van der Waals surface area contributed by atoms with Crippen LogP contribution in [0.3, 0.4) is 0 Å². The van der Waals surface area contributed by atoms with E-state index in [-0.39, 0.29) is 16.3 Å². The van der Waals surface area contributed by atoms with Crippen LogP contribution in [0, 0.1) is 24.0 Å². The number of carboxylic acids is 1. The average Bonchev–Trinajstić information content (AvgIpc) is 2.94. The van der Waals surface area contributed by atoms with E-state index < -0.39 is 10.9 Å². The molecule has 0 radical (unpaired) electrons. The minimum absolute atomic E-state index is 0.0154. The van der Waals surface area contributed by atoms with Gasteiger partial charge in [0.05, 0.1) is 26.9 Å². The van der Waals surface area contributed by atoms with Crippen molar-refractivity contribution in [3.05, 3.63) is 86.2 Å². The quantitative estimate of drug-likeness (QED) is 0.367. The van der Waals surface area contributed by atoms with E-state index in [4.69, 9.17) is 16.7 Å². The summed E-state index contributed by atoms with van der Waals surface area (Å²) in [5.41, 5.74) is 3.71. The summed E-state index contributed by atoms with van der Waals surface area (Å²) in [5.74, 6) is -1.12. The number of nitro groups is 1. The third-order valence-corrected chi connectivity index (χ3v) is 4.63. The summed E-state index contributed by atoms with van der Waals surface area (Å²) in [5, 5.41) is 20.3. The number of benzene rings is 2. The summed E-state index contributed by atoms with van der Waals surface area (Å²) >= 11 is 5.88. The Labute approximate surface area is 165 Å². The zero-order valence-corrected chi connectivity index (χ0v) is 15.8. The highest BCUT2D eigenvalue weighted by atomic mass is 35.5. The molecule has 1 aromatic heterocycles. The van der Waals surface area contributed by atoms with Crippen LogP contribution in [0.5, 0.6) is 0 Å². The number of nitro benzene ring substituents is 1. The Balaban J connectivity index is 1.98. The van der Waals surface area contributed by atoms with E-state index in [1.54, 1.807) is 24.4 Å². The van der Waals surface area contributed by atoms with Gasteiger partial charge in [0.25, 0.3) is 5.69 Å². The van der Waals surface area contributed by atoms with Gasteiger partial charge in [0, 0.05) is 35.3 Å². The Morgan fingerprint density at radius 1 is 1.21 bits per heavy atom. The highest BCUT2D eigenvalue weighted by molar-refractivity contribution is 6.33. The number of nitrogens with zero attached hydrogens (tertiary/aromatic N) is 3. The molecular formula is C20H16ClN3O4. The van der Waals surface area contributed by atoms with Crippen molar-refractivity contribution < 1.29 is 14.8 Å². The fourth-order valence-electron chi connectivity index (χ4n) is 2.96. The number of hydrogen-bond donors (Lipinski definition) is 1.